The largest absolute Gasteiger partial charge is 0.467 e. The molecule has 2 heterocycles. The first-order valence-corrected chi connectivity index (χ1v) is 9.41. The fraction of sp³-hybridized carbons (Fsp3) is 0.300. The van der Waals surface area contributed by atoms with Crippen LogP contribution in [0.1, 0.15) is 24.3 Å². The highest BCUT2D eigenvalue weighted by Crippen LogP contribution is 2.29. The summed E-state index contributed by atoms with van der Waals surface area (Å²) in [4.78, 5) is 26.6. The number of hydrogen-bond acceptors (Lipinski definition) is 5. The number of nitrogens with zero attached hydrogens (tertiary/aromatic N) is 1. The van der Waals surface area contributed by atoms with Crippen LogP contribution in [-0.2, 0) is 16.1 Å². The number of benzene rings is 1. The minimum absolute atomic E-state index is 0.156. The van der Waals surface area contributed by atoms with E-state index in [9.17, 15) is 14.0 Å². The molecule has 0 fully saturated rings. The normalized spacial score (nSPS) is 16.6. The molecule has 1 atom stereocenters. The van der Waals surface area contributed by atoms with Gasteiger partial charge in [0.15, 0.2) is 0 Å². The van der Waals surface area contributed by atoms with Gasteiger partial charge >= 0.3 is 12.0 Å². The van der Waals surface area contributed by atoms with E-state index < -0.39 is 23.9 Å². The first-order valence-electron chi connectivity index (χ1n) is 9.03. The molecule has 2 N–H and O–H groups in total. The molecule has 0 aliphatic carbocycles. The number of carbonyl (C=O) groups is 2. The van der Waals surface area contributed by atoms with Gasteiger partial charge in [-0.2, -0.15) is 0 Å². The summed E-state index contributed by atoms with van der Waals surface area (Å²) in [6.07, 6.45) is 1.46. The Morgan fingerprint density at radius 3 is 2.76 bits per heavy atom. The van der Waals surface area contributed by atoms with Gasteiger partial charge < -0.3 is 19.8 Å². The molecule has 3 rings (SSSR count). The van der Waals surface area contributed by atoms with E-state index in [1.165, 1.54) is 18.4 Å². The number of ether oxygens (including phenoxy) is 1. The molecule has 0 spiro atoms. The Hall–Kier alpha value is -2.84. The molecule has 154 valence electrons. The van der Waals surface area contributed by atoms with E-state index in [1.54, 1.807) is 37.1 Å². The fourth-order valence-electron chi connectivity index (χ4n) is 3.14. The second-order valence-corrected chi connectivity index (χ2v) is 6.94. The van der Waals surface area contributed by atoms with Gasteiger partial charge in [0.1, 0.15) is 17.6 Å². The SMILES string of the molecule is CCOC(=O)C1=C(CN(C)Cc2c(F)cccc2Cl)NC(=O)NC1c1ccco1. The smallest absolute Gasteiger partial charge is 0.338 e. The maximum atomic E-state index is 14.1. The Labute approximate surface area is 172 Å². The van der Waals surface area contributed by atoms with Gasteiger partial charge in [0.05, 0.1) is 18.4 Å². The van der Waals surface area contributed by atoms with Crippen molar-refractivity contribution in [2.24, 2.45) is 0 Å². The molecule has 2 aromatic rings. The first-order chi connectivity index (χ1) is 13.9. The monoisotopic (exact) mass is 421 g/mol. The lowest BCUT2D eigenvalue weighted by molar-refractivity contribution is -0.139. The van der Waals surface area contributed by atoms with E-state index in [0.29, 0.717) is 22.0 Å². The second-order valence-electron chi connectivity index (χ2n) is 6.53. The van der Waals surface area contributed by atoms with Crippen LogP contribution >= 0.6 is 11.6 Å². The van der Waals surface area contributed by atoms with E-state index >= 15 is 0 Å². The molecule has 7 nitrogen and oxygen atoms in total. The van der Waals surface area contributed by atoms with Crippen molar-refractivity contribution in [3.05, 3.63) is 70.0 Å². The Morgan fingerprint density at radius 1 is 1.31 bits per heavy atom. The molecule has 0 saturated carbocycles. The highest BCUT2D eigenvalue weighted by Gasteiger charge is 2.35. The predicted octanol–water partition coefficient (Wildman–Crippen LogP) is 3.38. The van der Waals surface area contributed by atoms with Crippen molar-refractivity contribution in [1.82, 2.24) is 15.5 Å². The maximum Gasteiger partial charge on any atom is 0.338 e. The van der Waals surface area contributed by atoms with Crippen LogP contribution in [0.5, 0.6) is 0 Å². The minimum atomic E-state index is -0.793. The lowest BCUT2D eigenvalue weighted by Gasteiger charge is -2.30. The van der Waals surface area contributed by atoms with Crippen LogP contribution in [0.15, 0.2) is 52.3 Å². The van der Waals surface area contributed by atoms with Crippen LogP contribution < -0.4 is 10.6 Å². The van der Waals surface area contributed by atoms with Crippen molar-refractivity contribution in [1.29, 1.82) is 0 Å². The van der Waals surface area contributed by atoms with Crippen molar-refractivity contribution < 1.29 is 23.1 Å². The Morgan fingerprint density at radius 2 is 2.10 bits per heavy atom. The third-order valence-corrected chi connectivity index (χ3v) is 4.75. The lowest BCUT2D eigenvalue weighted by atomic mass is 10.00. The van der Waals surface area contributed by atoms with Crippen LogP contribution in [0.2, 0.25) is 5.02 Å². The zero-order valence-corrected chi connectivity index (χ0v) is 16.8. The number of furan rings is 1. The van der Waals surface area contributed by atoms with Gasteiger partial charge in [-0.3, -0.25) is 4.90 Å². The summed E-state index contributed by atoms with van der Waals surface area (Å²) in [7, 11) is 1.73. The van der Waals surface area contributed by atoms with Crippen molar-refractivity contribution >= 4 is 23.6 Å². The van der Waals surface area contributed by atoms with Crippen molar-refractivity contribution in [3.63, 3.8) is 0 Å². The van der Waals surface area contributed by atoms with Crippen LogP contribution in [0, 0.1) is 5.82 Å². The van der Waals surface area contributed by atoms with Crippen molar-refractivity contribution in [2.45, 2.75) is 19.5 Å². The molecule has 0 saturated heterocycles. The molecule has 1 aliphatic rings. The van der Waals surface area contributed by atoms with Crippen LogP contribution in [0.3, 0.4) is 0 Å². The summed E-state index contributed by atoms with van der Waals surface area (Å²) in [5, 5.41) is 5.64. The van der Waals surface area contributed by atoms with Crippen LogP contribution in [0.4, 0.5) is 9.18 Å². The average Bonchev–Trinajstić information content (AvgIpc) is 3.19. The molecule has 0 radical (unpaired) electrons. The highest BCUT2D eigenvalue weighted by atomic mass is 35.5. The fourth-order valence-corrected chi connectivity index (χ4v) is 3.36. The lowest BCUT2D eigenvalue weighted by Crippen LogP contribution is -2.48. The molecular weight excluding hydrogens is 401 g/mol. The average molecular weight is 422 g/mol. The standard InChI is InChI=1S/C20H21ClFN3O4/c1-3-28-19(26)17-15(23-20(27)24-18(17)16-8-5-9-29-16)11-25(2)10-12-13(21)6-4-7-14(12)22/h4-9,18H,3,10-11H2,1-2H3,(H2,23,24,27). The molecule has 2 amide bonds. The highest BCUT2D eigenvalue weighted by molar-refractivity contribution is 6.31. The third-order valence-electron chi connectivity index (χ3n) is 4.39. The van der Waals surface area contributed by atoms with E-state index in [4.69, 9.17) is 20.8 Å². The molecule has 29 heavy (non-hydrogen) atoms. The third kappa shape index (κ3) is 4.78. The van der Waals surface area contributed by atoms with Gasteiger partial charge in [0.2, 0.25) is 0 Å². The van der Waals surface area contributed by atoms with Gasteiger partial charge in [-0.1, -0.05) is 17.7 Å². The number of rotatable bonds is 7. The van der Waals surface area contributed by atoms with E-state index in [0.717, 1.165) is 0 Å². The van der Waals surface area contributed by atoms with E-state index in [-0.39, 0.29) is 25.3 Å². The number of carbonyl (C=O) groups excluding carboxylic acids is 2. The van der Waals surface area contributed by atoms with Crippen LogP contribution in [-0.4, -0.2) is 37.1 Å². The van der Waals surface area contributed by atoms with E-state index in [2.05, 4.69) is 10.6 Å². The molecule has 1 unspecified atom stereocenters. The van der Waals surface area contributed by atoms with Crippen LogP contribution in [0.25, 0.3) is 0 Å². The molecule has 0 bridgehead atoms. The number of halogens is 2. The Balaban J connectivity index is 1.92. The number of hydrogen-bond donors (Lipinski definition) is 2. The molecular formula is C20H21ClFN3O4. The summed E-state index contributed by atoms with van der Waals surface area (Å²) in [6.45, 7) is 2.21. The number of esters is 1. The van der Waals surface area contributed by atoms with E-state index in [1.807, 2.05) is 0 Å². The molecule has 1 aromatic heterocycles. The number of likely N-dealkylation sites (N-methyl/N-ethyl adjacent to an activating group) is 1. The zero-order chi connectivity index (χ0) is 21.0. The summed E-state index contributed by atoms with van der Waals surface area (Å²) in [6, 6.07) is 6.52. The molecule has 1 aliphatic heterocycles. The quantitative estimate of drug-likeness (QED) is 0.669. The number of urea groups is 1. The van der Waals surface area contributed by atoms with Gasteiger partial charge in [-0.25, -0.2) is 14.0 Å². The maximum absolute atomic E-state index is 14.1. The summed E-state index contributed by atoms with van der Waals surface area (Å²) in [5.41, 5.74) is 0.911. The van der Waals surface area contributed by atoms with Crippen molar-refractivity contribution in [3.8, 4) is 0 Å². The van der Waals surface area contributed by atoms with Gasteiger partial charge in [-0.15, -0.1) is 0 Å². The zero-order valence-electron chi connectivity index (χ0n) is 16.0. The second kappa shape index (κ2) is 9.11. The first kappa shape index (κ1) is 20.9. The summed E-state index contributed by atoms with van der Waals surface area (Å²) < 4.78 is 24.7. The Bertz CT molecular complexity index is 910. The van der Waals surface area contributed by atoms with Crippen molar-refractivity contribution in [2.75, 3.05) is 20.2 Å². The Kier molecular flexibility index (Phi) is 6.56. The number of amides is 2. The molecule has 9 heteroatoms. The van der Waals surface area contributed by atoms with Gasteiger partial charge in [-0.05, 0) is 38.2 Å². The molecule has 1 aromatic carbocycles. The predicted molar refractivity (Wildman–Crippen MR) is 105 cm³/mol. The summed E-state index contributed by atoms with van der Waals surface area (Å²) in [5.74, 6) is -0.597. The minimum Gasteiger partial charge on any atom is -0.467 e. The van der Waals surface area contributed by atoms with Gasteiger partial charge in [0, 0.05) is 29.4 Å². The van der Waals surface area contributed by atoms with Gasteiger partial charge in [0.25, 0.3) is 0 Å². The topological polar surface area (TPSA) is 83.8 Å². The number of nitrogens with one attached hydrogen (secondary N) is 2. The summed E-state index contributed by atoms with van der Waals surface area (Å²) >= 11 is 6.11.